The average Bonchev–Trinajstić information content (AvgIpc) is 2.33. The normalized spacial score (nSPS) is 12.8. The van der Waals surface area contributed by atoms with Gasteiger partial charge in [0.1, 0.15) is 10.7 Å². The molecule has 0 atom stereocenters. The molecule has 1 aromatic rings. The average molecular weight is 339 g/mol. The molecule has 0 radical (unpaired) electrons. The predicted octanol–water partition coefficient (Wildman–Crippen LogP) is 0.932. The van der Waals surface area contributed by atoms with E-state index < -0.39 is 30.6 Å². The largest absolute Gasteiger partial charge is 0.377 e. The van der Waals surface area contributed by atoms with Crippen LogP contribution in [0.25, 0.3) is 0 Å². The topological polar surface area (TPSA) is 89.5 Å². The maximum absolute atomic E-state index is 13.6. The van der Waals surface area contributed by atoms with Crippen molar-refractivity contribution in [1.29, 1.82) is 0 Å². The highest BCUT2D eigenvalue weighted by molar-refractivity contribution is 7.91. The van der Waals surface area contributed by atoms with Crippen molar-refractivity contribution in [3.8, 4) is 0 Å². The number of nitrogens with one attached hydrogen (secondary N) is 1. The summed E-state index contributed by atoms with van der Waals surface area (Å²) >= 11 is 0. The number of rotatable bonds is 7. The van der Waals surface area contributed by atoms with E-state index in [-0.39, 0.29) is 24.2 Å². The summed E-state index contributed by atoms with van der Waals surface area (Å²) in [7, 11) is -7.76. The molecule has 0 aliphatic rings. The van der Waals surface area contributed by atoms with Gasteiger partial charge in [-0.15, -0.1) is 0 Å². The van der Waals surface area contributed by atoms with Crippen LogP contribution in [0.2, 0.25) is 0 Å². The third-order valence-electron chi connectivity index (χ3n) is 2.47. The first-order valence-corrected chi connectivity index (χ1v) is 9.52. The Morgan fingerprint density at radius 1 is 1.24 bits per heavy atom. The van der Waals surface area contributed by atoms with Gasteiger partial charge < -0.3 is 4.74 Å². The maximum Gasteiger partial charge on any atom is 0.243 e. The van der Waals surface area contributed by atoms with Crippen LogP contribution in [0.4, 0.5) is 4.39 Å². The second kappa shape index (κ2) is 6.82. The zero-order valence-electron chi connectivity index (χ0n) is 12.0. The monoisotopic (exact) mass is 339 g/mol. The highest BCUT2D eigenvalue weighted by atomic mass is 32.2. The Morgan fingerprint density at radius 3 is 2.38 bits per heavy atom. The van der Waals surface area contributed by atoms with Crippen LogP contribution in [0.5, 0.6) is 0 Å². The fourth-order valence-electron chi connectivity index (χ4n) is 1.47. The van der Waals surface area contributed by atoms with E-state index in [4.69, 9.17) is 4.74 Å². The number of ether oxygens (including phenoxy) is 1. The van der Waals surface area contributed by atoms with Crippen LogP contribution < -0.4 is 4.72 Å². The summed E-state index contributed by atoms with van der Waals surface area (Å²) in [4.78, 5) is -0.960. The Hall–Kier alpha value is -1.03. The van der Waals surface area contributed by atoms with E-state index in [9.17, 15) is 21.2 Å². The highest BCUT2D eigenvalue weighted by Gasteiger charge is 2.21. The predicted molar refractivity (Wildman–Crippen MR) is 75.8 cm³/mol. The summed E-state index contributed by atoms with van der Waals surface area (Å²) in [5, 5.41) is 0. The Labute approximate surface area is 124 Å². The molecule has 0 aliphatic carbocycles. The molecule has 0 saturated carbocycles. The number of sulfonamides is 1. The molecule has 0 fully saturated rings. The van der Waals surface area contributed by atoms with Gasteiger partial charge in [-0.1, -0.05) is 0 Å². The molecule has 1 aromatic carbocycles. The summed E-state index contributed by atoms with van der Waals surface area (Å²) < 4.78 is 67.7. The van der Waals surface area contributed by atoms with Crippen LogP contribution in [-0.2, 0) is 24.6 Å². The van der Waals surface area contributed by atoms with E-state index >= 15 is 0 Å². The molecule has 120 valence electrons. The van der Waals surface area contributed by atoms with Gasteiger partial charge in [-0.2, -0.15) is 0 Å². The molecule has 0 bridgehead atoms. The molecule has 1 N–H and O–H groups in total. The van der Waals surface area contributed by atoms with Crippen LogP contribution in [0.1, 0.15) is 13.8 Å². The van der Waals surface area contributed by atoms with Gasteiger partial charge in [-0.05, 0) is 32.0 Å². The minimum absolute atomic E-state index is 0.0386. The molecule has 21 heavy (non-hydrogen) atoms. The molecule has 0 aromatic heterocycles. The lowest BCUT2D eigenvalue weighted by atomic mass is 10.3. The molecule has 0 aliphatic heterocycles. The first-order valence-electron chi connectivity index (χ1n) is 6.15. The van der Waals surface area contributed by atoms with Crippen LogP contribution >= 0.6 is 0 Å². The lowest BCUT2D eigenvalue weighted by molar-refractivity contribution is 0.0833. The first-order chi connectivity index (χ1) is 9.54. The van der Waals surface area contributed by atoms with Crippen molar-refractivity contribution >= 4 is 19.9 Å². The smallest absolute Gasteiger partial charge is 0.243 e. The summed E-state index contributed by atoms with van der Waals surface area (Å²) in [5.74, 6) is -1.01. The van der Waals surface area contributed by atoms with E-state index in [1.165, 1.54) is 0 Å². The van der Waals surface area contributed by atoms with Crippen molar-refractivity contribution in [1.82, 2.24) is 4.72 Å². The van der Waals surface area contributed by atoms with Crippen molar-refractivity contribution < 1.29 is 26.0 Å². The Bertz CT molecular complexity index is 698. The number of hydrogen-bond donors (Lipinski definition) is 1. The second-order valence-electron chi connectivity index (χ2n) is 4.68. The van der Waals surface area contributed by atoms with Crippen molar-refractivity contribution in [2.45, 2.75) is 29.7 Å². The third-order valence-corrected chi connectivity index (χ3v) is 5.05. The molecule has 0 amide bonds. The van der Waals surface area contributed by atoms with Gasteiger partial charge >= 0.3 is 0 Å². The lowest BCUT2D eigenvalue weighted by Gasteiger charge is -2.10. The Morgan fingerprint density at radius 2 is 1.86 bits per heavy atom. The van der Waals surface area contributed by atoms with Gasteiger partial charge in [0.05, 0.1) is 17.6 Å². The lowest BCUT2D eigenvalue weighted by Crippen LogP contribution is -2.29. The van der Waals surface area contributed by atoms with Gasteiger partial charge in [-0.25, -0.2) is 25.9 Å². The molecule has 0 heterocycles. The molecule has 1 rings (SSSR count). The Balaban J connectivity index is 2.98. The number of benzene rings is 1. The summed E-state index contributed by atoms with van der Waals surface area (Å²) in [5.41, 5.74) is 0. The van der Waals surface area contributed by atoms with Crippen LogP contribution in [-0.4, -0.2) is 42.3 Å². The molecule has 9 heteroatoms. The molecular formula is C12H18FNO5S2. The summed E-state index contributed by atoms with van der Waals surface area (Å²) in [6, 6.07) is 2.64. The number of hydrogen-bond acceptors (Lipinski definition) is 5. The highest BCUT2D eigenvalue weighted by Crippen LogP contribution is 2.19. The van der Waals surface area contributed by atoms with Crippen molar-refractivity contribution in [2.75, 3.05) is 19.4 Å². The number of halogens is 1. The first kappa shape index (κ1) is 18.0. The van der Waals surface area contributed by atoms with E-state index in [1.807, 2.05) is 0 Å². The fourth-order valence-corrected chi connectivity index (χ4v) is 3.30. The van der Waals surface area contributed by atoms with Crippen molar-refractivity contribution in [3.05, 3.63) is 24.0 Å². The van der Waals surface area contributed by atoms with Crippen molar-refractivity contribution in [2.24, 2.45) is 0 Å². The van der Waals surface area contributed by atoms with Crippen molar-refractivity contribution in [3.63, 3.8) is 0 Å². The zero-order valence-corrected chi connectivity index (χ0v) is 13.6. The van der Waals surface area contributed by atoms with Crippen LogP contribution in [0, 0.1) is 5.82 Å². The maximum atomic E-state index is 13.6. The Kier molecular flexibility index (Phi) is 5.85. The summed E-state index contributed by atoms with van der Waals surface area (Å²) in [6.07, 6.45) is 0.861. The van der Waals surface area contributed by atoms with E-state index in [0.29, 0.717) is 0 Å². The van der Waals surface area contributed by atoms with Gasteiger partial charge in [-0.3, -0.25) is 0 Å². The van der Waals surface area contributed by atoms with Gasteiger partial charge in [0.2, 0.25) is 10.0 Å². The SMILES string of the molecule is CC(C)OCCNS(=O)(=O)c1cc(S(C)(=O)=O)ccc1F. The number of sulfone groups is 1. The van der Waals surface area contributed by atoms with E-state index in [1.54, 1.807) is 13.8 Å². The van der Waals surface area contributed by atoms with Gasteiger partial charge in [0.25, 0.3) is 0 Å². The molecule has 6 nitrogen and oxygen atoms in total. The zero-order chi connectivity index (χ0) is 16.3. The van der Waals surface area contributed by atoms with Crippen LogP contribution in [0.3, 0.4) is 0 Å². The molecule has 0 saturated heterocycles. The summed E-state index contributed by atoms with van der Waals surface area (Å²) in [6.45, 7) is 3.68. The third kappa shape index (κ3) is 5.34. The van der Waals surface area contributed by atoms with E-state index in [2.05, 4.69) is 4.72 Å². The molecular weight excluding hydrogens is 321 g/mol. The quantitative estimate of drug-likeness (QED) is 0.590. The molecule has 0 spiro atoms. The minimum Gasteiger partial charge on any atom is -0.377 e. The minimum atomic E-state index is -4.14. The van der Waals surface area contributed by atoms with Gasteiger partial charge in [0, 0.05) is 12.8 Å². The standard InChI is InChI=1S/C12H18FNO5S2/c1-9(2)19-7-6-14-21(17,18)12-8-10(20(3,15)16)4-5-11(12)13/h4-5,8-9,14H,6-7H2,1-3H3. The van der Waals surface area contributed by atoms with Crippen LogP contribution in [0.15, 0.2) is 28.0 Å². The molecule has 0 unspecified atom stereocenters. The van der Waals surface area contributed by atoms with E-state index in [0.717, 1.165) is 24.5 Å². The van der Waals surface area contributed by atoms with Gasteiger partial charge in [0.15, 0.2) is 9.84 Å². The fraction of sp³-hybridized carbons (Fsp3) is 0.500. The second-order valence-corrected chi connectivity index (χ2v) is 8.43.